The van der Waals surface area contributed by atoms with Crippen molar-refractivity contribution >= 4 is 23.2 Å². The molecule has 5 heteroatoms. The van der Waals surface area contributed by atoms with Crippen LogP contribution in [0.25, 0.3) is 0 Å². The quantitative estimate of drug-likeness (QED) is 0.786. The van der Waals surface area contributed by atoms with E-state index in [0.29, 0.717) is 28.9 Å². The standard InChI is InChI=1S/C10H13Cl2NO2/c1-15-10-8(11)4-7(5-9(10)12)6-13-2-3-14/h4-5,13-14H,2-3,6H2,1H3. The molecule has 15 heavy (non-hydrogen) atoms. The number of rotatable bonds is 5. The van der Waals surface area contributed by atoms with Gasteiger partial charge in [-0.05, 0) is 17.7 Å². The fourth-order valence-corrected chi connectivity index (χ4v) is 1.91. The van der Waals surface area contributed by atoms with E-state index in [1.165, 1.54) is 7.11 Å². The Labute approximate surface area is 99.0 Å². The summed E-state index contributed by atoms with van der Waals surface area (Å²) < 4.78 is 5.03. The second kappa shape index (κ2) is 6.18. The van der Waals surface area contributed by atoms with Crippen molar-refractivity contribution < 1.29 is 9.84 Å². The number of hydrogen-bond donors (Lipinski definition) is 2. The van der Waals surface area contributed by atoms with Crippen molar-refractivity contribution in [3.8, 4) is 5.75 Å². The van der Waals surface area contributed by atoms with Gasteiger partial charge in [-0.1, -0.05) is 23.2 Å². The highest BCUT2D eigenvalue weighted by Gasteiger charge is 2.07. The molecule has 0 unspecified atom stereocenters. The Morgan fingerprint density at radius 1 is 1.33 bits per heavy atom. The van der Waals surface area contributed by atoms with Gasteiger partial charge in [0.25, 0.3) is 0 Å². The first-order valence-electron chi connectivity index (χ1n) is 4.52. The molecule has 0 heterocycles. The molecule has 0 spiro atoms. The van der Waals surface area contributed by atoms with Gasteiger partial charge in [0.2, 0.25) is 0 Å². The fraction of sp³-hybridized carbons (Fsp3) is 0.400. The third-order valence-electron chi connectivity index (χ3n) is 1.88. The van der Waals surface area contributed by atoms with Crippen LogP contribution in [-0.4, -0.2) is 25.4 Å². The third-order valence-corrected chi connectivity index (χ3v) is 2.44. The van der Waals surface area contributed by atoms with Gasteiger partial charge in [0.1, 0.15) is 0 Å². The van der Waals surface area contributed by atoms with Crippen molar-refractivity contribution in [2.75, 3.05) is 20.3 Å². The minimum absolute atomic E-state index is 0.109. The van der Waals surface area contributed by atoms with Gasteiger partial charge in [0.05, 0.1) is 23.8 Å². The maximum Gasteiger partial charge on any atom is 0.156 e. The first-order valence-corrected chi connectivity index (χ1v) is 5.28. The number of benzene rings is 1. The summed E-state index contributed by atoms with van der Waals surface area (Å²) in [7, 11) is 1.52. The number of halogens is 2. The zero-order valence-electron chi connectivity index (χ0n) is 8.39. The molecule has 0 amide bonds. The minimum Gasteiger partial charge on any atom is -0.494 e. The van der Waals surface area contributed by atoms with Crippen LogP contribution in [0.1, 0.15) is 5.56 Å². The normalized spacial score (nSPS) is 10.4. The van der Waals surface area contributed by atoms with E-state index in [9.17, 15) is 0 Å². The average Bonchev–Trinajstić information content (AvgIpc) is 2.18. The lowest BCUT2D eigenvalue weighted by atomic mass is 10.2. The number of nitrogens with one attached hydrogen (secondary N) is 1. The van der Waals surface area contributed by atoms with Crippen LogP contribution in [0.5, 0.6) is 5.75 Å². The van der Waals surface area contributed by atoms with Gasteiger partial charge in [0, 0.05) is 13.1 Å². The van der Waals surface area contributed by atoms with Crippen molar-refractivity contribution in [2.24, 2.45) is 0 Å². The summed E-state index contributed by atoms with van der Waals surface area (Å²) in [5.41, 5.74) is 0.958. The molecule has 0 bridgehead atoms. The van der Waals surface area contributed by atoms with Crippen molar-refractivity contribution in [1.29, 1.82) is 0 Å². The van der Waals surface area contributed by atoms with Gasteiger partial charge < -0.3 is 15.2 Å². The zero-order chi connectivity index (χ0) is 11.3. The van der Waals surface area contributed by atoms with E-state index < -0.39 is 0 Å². The number of aliphatic hydroxyl groups is 1. The zero-order valence-corrected chi connectivity index (χ0v) is 9.90. The second-order valence-corrected chi connectivity index (χ2v) is 3.81. The molecule has 1 aromatic rings. The van der Waals surface area contributed by atoms with E-state index in [-0.39, 0.29) is 6.61 Å². The summed E-state index contributed by atoms with van der Waals surface area (Å²) >= 11 is 11.9. The van der Waals surface area contributed by atoms with Gasteiger partial charge in [-0.2, -0.15) is 0 Å². The fourth-order valence-electron chi connectivity index (χ4n) is 1.22. The predicted octanol–water partition coefficient (Wildman–Crippen LogP) is 2.08. The molecule has 0 aliphatic carbocycles. The third kappa shape index (κ3) is 3.54. The summed E-state index contributed by atoms with van der Waals surface area (Å²) in [4.78, 5) is 0. The molecule has 1 rings (SSSR count). The van der Waals surface area contributed by atoms with Crippen LogP contribution in [-0.2, 0) is 6.54 Å². The van der Waals surface area contributed by atoms with E-state index in [4.69, 9.17) is 33.0 Å². The number of methoxy groups -OCH3 is 1. The molecular formula is C10H13Cl2NO2. The van der Waals surface area contributed by atoms with E-state index in [0.717, 1.165) is 5.56 Å². The largest absolute Gasteiger partial charge is 0.494 e. The highest BCUT2D eigenvalue weighted by molar-refractivity contribution is 6.37. The first kappa shape index (κ1) is 12.6. The predicted molar refractivity (Wildman–Crippen MR) is 61.8 cm³/mol. The lowest BCUT2D eigenvalue weighted by Gasteiger charge is -2.09. The van der Waals surface area contributed by atoms with Crippen molar-refractivity contribution in [3.63, 3.8) is 0 Å². The molecule has 0 radical (unpaired) electrons. The lowest BCUT2D eigenvalue weighted by molar-refractivity contribution is 0.292. The molecule has 0 saturated carbocycles. The van der Waals surface area contributed by atoms with Crippen LogP contribution < -0.4 is 10.1 Å². The van der Waals surface area contributed by atoms with E-state index in [1.54, 1.807) is 12.1 Å². The Bertz CT molecular complexity index is 308. The van der Waals surface area contributed by atoms with Crippen molar-refractivity contribution in [1.82, 2.24) is 5.32 Å². The summed E-state index contributed by atoms with van der Waals surface area (Å²) in [5.74, 6) is 0.490. The Morgan fingerprint density at radius 2 is 1.93 bits per heavy atom. The Morgan fingerprint density at radius 3 is 2.40 bits per heavy atom. The Balaban J connectivity index is 2.75. The molecule has 0 fully saturated rings. The van der Waals surface area contributed by atoms with Crippen LogP contribution in [0.4, 0.5) is 0 Å². The molecule has 3 nitrogen and oxygen atoms in total. The number of ether oxygens (including phenoxy) is 1. The lowest BCUT2D eigenvalue weighted by Crippen LogP contribution is -2.17. The molecule has 0 aliphatic rings. The van der Waals surface area contributed by atoms with Gasteiger partial charge in [-0.3, -0.25) is 0 Å². The van der Waals surface area contributed by atoms with Crippen molar-refractivity contribution in [3.05, 3.63) is 27.7 Å². The Hall–Kier alpha value is -0.480. The topological polar surface area (TPSA) is 41.5 Å². The SMILES string of the molecule is COc1c(Cl)cc(CNCCO)cc1Cl. The van der Waals surface area contributed by atoms with Crippen LogP contribution in [0.15, 0.2) is 12.1 Å². The van der Waals surface area contributed by atoms with Gasteiger partial charge in [-0.25, -0.2) is 0 Å². The summed E-state index contributed by atoms with van der Waals surface area (Å²) in [6, 6.07) is 3.58. The van der Waals surface area contributed by atoms with E-state index >= 15 is 0 Å². The molecular weight excluding hydrogens is 237 g/mol. The van der Waals surface area contributed by atoms with E-state index in [2.05, 4.69) is 5.32 Å². The maximum atomic E-state index is 8.60. The van der Waals surface area contributed by atoms with Crippen LogP contribution in [0.3, 0.4) is 0 Å². The highest BCUT2D eigenvalue weighted by atomic mass is 35.5. The maximum absolute atomic E-state index is 8.60. The van der Waals surface area contributed by atoms with Crippen LogP contribution in [0.2, 0.25) is 10.0 Å². The molecule has 2 N–H and O–H groups in total. The summed E-state index contributed by atoms with van der Waals surface area (Å²) in [6.45, 7) is 1.27. The molecule has 0 saturated heterocycles. The second-order valence-electron chi connectivity index (χ2n) is 2.99. The molecule has 0 aromatic heterocycles. The molecule has 0 aliphatic heterocycles. The van der Waals surface area contributed by atoms with Gasteiger partial charge in [0.15, 0.2) is 5.75 Å². The molecule has 84 valence electrons. The smallest absolute Gasteiger partial charge is 0.156 e. The number of aliphatic hydroxyl groups excluding tert-OH is 1. The molecule has 0 atom stereocenters. The van der Waals surface area contributed by atoms with Crippen molar-refractivity contribution in [2.45, 2.75) is 6.54 Å². The van der Waals surface area contributed by atoms with E-state index in [1.807, 2.05) is 0 Å². The van der Waals surface area contributed by atoms with Crippen LogP contribution in [0, 0.1) is 0 Å². The summed E-state index contributed by atoms with van der Waals surface area (Å²) in [6.07, 6.45) is 0. The average molecular weight is 250 g/mol. The highest BCUT2D eigenvalue weighted by Crippen LogP contribution is 2.33. The van der Waals surface area contributed by atoms with Crippen LogP contribution >= 0.6 is 23.2 Å². The molecule has 1 aromatic carbocycles. The Kier molecular flexibility index (Phi) is 5.19. The number of hydrogen-bond acceptors (Lipinski definition) is 3. The summed E-state index contributed by atoms with van der Waals surface area (Å²) in [5, 5.41) is 12.6. The van der Waals surface area contributed by atoms with Gasteiger partial charge in [-0.15, -0.1) is 0 Å². The minimum atomic E-state index is 0.109. The monoisotopic (exact) mass is 249 g/mol. The first-order chi connectivity index (χ1) is 7.19. The van der Waals surface area contributed by atoms with Gasteiger partial charge >= 0.3 is 0 Å².